The van der Waals surface area contributed by atoms with Crippen molar-refractivity contribution in [1.82, 2.24) is 0 Å². The van der Waals surface area contributed by atoms with E-state index in [0.717, 1.165) is 16.3 Å². The summed E-state index contributed by atoms with van der Waals surface area (Å²) in [5, 5.41) is 10.6. The smallest absolute Gasteiger partial charge is 0.126 e. The molecule has 0 bridgehead atoms. The summed E-state index contributed by atoms with van der Waals surface area (Å²) in [5.74, 6) is 0.211. The van der Waals surface area contributed by atoms with E-state index in [9.17, 15) is 5.11 Å². The van der Waals surface area contributed by atoms with Crippen LogP contribution in [0.15, 0.2) is 94.3 Å². The topological polar surface area (TPSA) is 45.0 Å². The highest BCUT2D eigenvalue weighted by Crippen LogP contribution is 2.21. The summed E-state index contributed by atoms with van der Waals surface area (Å²) in [6.07, 6.45) is 1.64. The Balaban J connectivity index is 1.86. The van der Waals surface area contributed by atoms with Gasteiger partial charge in [-0.1, -0.05) is 60.7 Å². The van der Waals surface area contributed by atoms with Crippen LogP contribution in [0.25, 0.3) is 0 Å². The summed E-state index contributed by atoms with van der Waals surface area (Å²) >= 11 is 1.28. The number of phenolic OH excluding ortho intramolecular Hbond substituents is 1. The normalized spacial score (nSPS) is 11.8. The first-order valence-corrected chi connectivity index (χ1v) is 8.28. The van der Waals surface area contributed by atoms with Gasteiger partial charge in [-0.2, -0.15) is 0 Å². The number of aromatic hydroxyl groups is 1. The largest absolute Gasteiger partial charge is 0.507 e. The maximum Gasteiger partial charge on any atom is 0.126 e. The fourth-order valence-corrected chi connectivity index (χ4v) is 2.72. The van der Waals surface area contributed by atoms with Crippen LogP contribution in [-0.4, -0.2) is 16.4 Å². The molecule has 0 radical (unpaired) electrons. The van der Waals surface area contributed by atoms with Crippen LogP contribution in [0.4, 0.5) is 5.69 Å². The fraction of sp³-hybridized carbons (Fsp3) is 0. The molecule has 0 heterocycles. The molecule has 0 saturated carbocycles. The van der Waals surface area contributed by atoms with Gasteiger partial charge in [-0.15, -0.1) is 0 Å². The Bertz CT molecular complexity index is 846. The molecule has 24 heavy (non-hydrogen) atoms. The number of rotatable bonds is 4. The number of para-hydroxylation sites is 2. The Morgan fingerprint density at radius 1 is 0.792 bits per heavy atom. The highest BCUT2D eigenvalue weighted by Gasteiger charge is 2.04. The maximum atomic E-state index is 9.80. The molecule has 0 aliphatic rings. The lowest BCUT2D eigenvalue weighted by Gasteiger charge is -2.03. The average Bonchev–Trinajstić information content (AvgIpc) is 2.64. The second-order valence-electron chi connectivity index (χ2n) is 5.00. The van der Waals surface area contributed by atoms with Crippen LogP contribution >= 0.6 is 11.9 Å². The third kappa shape index (κ3) is 4.33. The molecule has 3 nitrogen and oxygen atoms in total. The lowest BCUT2D eigenvalue weighted by Crippen LogP contribution is -1.93. The summed E-state index contributed by atoms with van der Waals surface area (Å²) in [6, 6.07) is 26.8. The van der Waals surface area contributed by atoms with E-state index in [1.54, 1.807) is 18.3 Å². The second-order valence-corrected chi connectivity index (χ2v) is 5.78. The fourth-order valence-electron chi connectivity index (χ4n) is 2.07. The molecule has 3 rings (SSSR count). The summed E-state index contributed by atoms with van der Waals surface area (Å²) in [4.78, 5) is 4.69. The Morgan fingerprint density at radius 3 is 2.12 bits per heavy atom. The van der Waals surface area contributed by atoms with E-state index in [1.165, 1.54) is 11.9 Å². The van der Waals surface area contributed by atoms with Crippen molar-refractivity contribution in [2.24, 2.45) is 9.39 Å². The first-order valence-electron chi connectivity index (χ1n) is 7.50. The van der Waals surface area contributed by atoms with Crippen molar-refractivity contribution in [3.05, 3.63) is 96.1 Å². The quantitative estimate of drug-likeness (QED) is 0.403. The van der Waals surface area contributed by atoms with Crippen LogP contribution in [-0.2, 0) is 0 Å². The molecule has 3 aromatic carbocycles. The van der Waals surface area contributed by atoms with Crippen LogP contribution in [0.1, 0.15) is 11.1 Å². The van der Waals surface area contributed by atoms with Crippen LogP contribution in [0.2, 0.25) is 0 Å². The molecule has 0 atom stereocenters. The standard InChI is InChI=1S/C20H16N2OS/c23-19-14-8-7-11-17(19)15-21-24-20(16-9-3-1-4-10-16)22-18-12-5-2-6-13-18/h1-15,23H/b21-15+,22-20?. The molecule has 1 N–H and O–H groups in total. The molecule has 0 spiro atoms. The van der Waals surface area contributed by atoms with Crippen LogP contribution in [0.3, 0.4) is 0 Å². The molecule has 118 valence electrons. The number of hydrogen-bond acceptors (Lipinski definition) is 4. The zero-order chi connectivity index (χ0) is 16.6. The molecule has 3 aromatic rings. The van der Waals surface area contributed by atoms with Crippen molar-refractivity contribution in [3.8, 4) is 5.75 Å². The molecule has 0 aliphatic carbocycles. The van der Waals surface area contributed by atoms with Gasteiger partial charge in [-0.3, -0.25) is 0 Å². The average molecular weight is 332 g/mol. The van der Waals surface area contributed by atoms with Crippen LogP contribution < -0.4 is 0 Å². The molecule has 0 aliphatic heterocycles. The molecule has 0 saturated heterocycles. The minimum Gasteiger partial charge on any atom is -0.507 e. The first-order chi connectivity index (χ1) is 11.8. The molecule has 0 amide bonds. The summed E-state index contributed by atoms with van der Waals surface area (Å²) < 4.78 is 4.38. The Kier molecular flexibility index (Phi) is 5.43. The lowest BCUT2D eigenvalue weighted by atomic mass is 10.2. The van der Waals surface area contributed by atoms with E-state index in [2.05, 4.69) is 9.39 Å². The van der Waals surface area contributed by atoms with Gasteiger partial charge < -0.3 is 5.11 Å². The third-order valence-electron chi connectivity index (χ3n) is 3.28. The predicted octanol–water partition coefficient (Wildman–Crippen LogP) is 5.24. The third-order valence-corrected chi connectivity index (χ3v) is 3.99. The van der Waals surface area contributed by atoms with Gasteiger partial charge in [0.25, 0.3) is 0 Å². The van der Waals surface area contributed by atoms with Crippen LogP contribution in [0.5, 0.6) is 5.75 Å². The number of benzene rings is 3. The first kappa shape index (κ1) is 16.0. The molecule has 0 fully saturated rings. The van der Waals surface area contributed by atoms with Gasteiger partial charge in [0.2, 0.25) is 0 Å². The van der Waals surface area contributed by atoms with E-state index in [1.807, 2.05) is 72.8 Å². The van der Waals surface area contributed by atoms with E-state index >= 15 is 0 Å². The summed E-state index contributed by atoms with van der Waals surface area (Å²) in [7, 11) is 0. The van der Waals surface area contributed by atoms with Crippen molar-refractivity contribution in [3.63, 3.8) is 0 Å². The molecule has 0 aromatic heterocycles. The number of nitrogens with zero attached hydrogens (tertiary/aromatic N) is 2. The van der Waals surface area contributed by atoms with Crippen LogP contribution in [0, 0.1) is 0 Å². The Morgan fingerprint density at radius 2 is 1.42 bits per heavy atom. The van der Waals surface area contributed by atoms with Crippen molar-refractivity contribution in [1.29, 1.82) is 0 Å². The lowest BCUT2D eigenvalue weighted by molar-refractivity contribution is 0.474. The highest BCUT2D eigenvalue weighted by atomic mass is 32.2. The minimum absolute atomic E-state index is 0.211. The highest BCUT2D eigenvalue weighted by molar-refractivity contribution is 8.13. The number of hydrogen-bond donors (Lipinski definition) is 1. The van der Waals surface area contributed by atoms with E-state index in [4.69, 9.17) is 0 Å². The van der Waals surface area contributed by atoms with E-state index < -0.39 is 0 Å². The van der Waals surface area contributed by atoms with Crippen molar-refractivity contribution in [2.45, 2.75) is 0 Å². The van der Waals surface area contributed by atoms with Crippen molar-refractivity contribution in [2.75, 3.05) is 0 Å². The van der Waals surface area contributed by atoms with E-state index in [-0.39, 0.29) is 5.75 Å². The van der Waals surface area contributed by atoms with Crippen molar-refractivity contribution < 1.29 is 5.11 Å². The Hall–Kier alpha value is -2.85. The SMILES string of the molecule is Oc1ccccc1/C=N/SC(=Nc1ccccc1)c1ccccc1. The van der Waals surface area contributed by atoms with Gasteiger partial charge in [-0.05, 0) is 24.3 Å². The number of phenols is 1. The molecular weight excluding hydrogens is 316 g/mol. The van der Waals surface area contributed by atoms with Gasteiger partial charge in [-0.25, -0.2) is 9.39 Å². The van der Waals surface area contributed by atoms with Gasteiger partial charge in [0.15, 0.2) is 0 Å². The van der Waals surface area contributed by atoms with Gasteiger partial charge in [0.1, 0.15) is 10.8 Å². The van der Waals surface area contributed by atoms with Gasteiger partial charge in [0, 0.05) is 29.3 Å². The van der Waals surface area contributed by atoms with Gasteiger partial charge in [0.05, 0.1) is 5.69 Å². The monoisotopic (exact) mass is 332 g/mol. The molecular formula is C20H16N2OS. The summed E-state index contributed by atoms with van der Waals surface area (Å²) in [6.45, 7) is 0. The predicted molar refractivity (Wildman–Crippen MR) is 102 cm³/mol. The zero-order valence-electron chi connectivity index (χ0n) is 12.9. The maximum absolute atomic E-state index is 9.80. The zero-order valence-corrected chi connectivity index (χ0v) is 13.7. The minimum atomic E-state index is 0.211. The number of aliphatic imine (C=N–C) groups is 1. The van der Waals surface area contributed by atoms with E-state index in [0.29, 0.717) is 5.56 Å². The molecule has 4 heteroatoms. The second kappa shape index (κ2) is 8.13. The van der Waals surface area contributed by atoms with Gasteiger partial charge >= 0.3 is 0 Å². The molecule has 0 unspecified atom stereocenters. The Labute approximate surface area is 145 Å². The summed E-state index contributed by atoms with van der Waals surface area (Å²) in [5.41, 5.74) is 2.56. The van der Waals surface area contributed by atoms with Crippen molar-refractivity contribution >= 4 is 28.9 Å².